The fourth-order valence-electron chi connectivity index (χ4n) is 19.8. The molecular weight excluding hydrogens is 755 g/mol. The van der Waals surface area contributed by atoms with Gasteiger partial charge in [0.05, 0.1) is 6.10 Å². The van der Waals surface area contributed by atoms with Crippen LogP contribution in [-0.4, -0.2) is 23.2 Å². The van der Waals surface area contributed by atoms with E-state index in [0.29, 0.717) is 33.6 Å². The number of allylic oxidation sites excluding steroid dienone is 1. The highest BCUT2D eigenvalue weighted by Gasteiger charge is 2.63. The second kappa shape index (κ2) is 19.8. The van der Waals surface area contributed by atoms with Crippen molar-refractivity contribution >= 4 is 5.91 Å². The number of amides is 1. The van der Waals surface area contributed by atoms with Gasteiger partial charge in [-0.3, -0.25) is 4.79 Å². The molecule has 2 N–H and O–H groups in total. The Morgan fingerprint density at radius 1 is 0.597 bits per heavy atom. The zero-order valence-electron chi connectivity index (χ0n) is 42.9. The standard InChI is InChI=1S/C32H55NO.C27H48O/c1-8-10-25-28-14-13-24-27-16-15-26(22(4)12-9-11-21(2)3)31(27,6)19-17-29(24)32(28,7)20-18-30(25)33-23(5)34;1-18(2)7-6-8-19(3)23-11-12-24-22-10-9-20-17-21(28)13-15-26(20,4)25(22)14-16-27(23,24)5/h8,21-22,24-30H,1,9-20H2,2-7H3,(H,33,34);18-25,28H,6-17H2,1-5H3/t22-,24+,25+,26-,27+,28+,29+,30-,31-,32+;19-,20+,21-,22+,23-,24+,25+,26+,27-/m11/s1. The minimum atomic E-state index is -0.00830. The van der Waals surface area contributed by atoms with E-state index in [1.165, 1.54) is 128 Å². The summed E-state index contributed by atoms with van der Waals surface area (Å²) in [6.07, 6.45) is 35.2. The lowest BCUT2D eigenvalue weighted by molar-refractivity contribution is -0.139. The third-order valence-corrected chi connectivity index (χ3v) is 22.8. The molecule has 0 aromatic carbocycles. The van der Waals surface area contributed by atoms with Crippen molar-refractivity contribution in [1.82, 2.24) is 5.32 Å². The molecule has 0 unspecified atom stereocenters. The van der Waals surface area contributed by atoms with Crippen molar-refractivity contribution in [3.8, 4) is 0 Å². The number of hydrogen-bond donors (Lipinski definition) is 2. The molecule has 8 rings (SSSR count). The van der Waals surface area contributed by atoms with E-state index in [2.05, 4.69) is 87.2 Å². The fraction of sp³-hybridized carbons (Fsp3) is 0.949. The molecule has 3 heteroatoms. The van der Waals surface area contributed by atoms with E-state index in [9.17, 15) is 9.90 Å². The first-order valence-electron chi connectivity index (χ1n) is 27.9. The minimum absolute atomic E-state index is 0.00830. The average Bonchev–Trinajstić information content (AvgIpc) is 3.76. The van der Waals surface area contributed by atoms with E-state index in [1.54, 1.807) is 6.92 Å². The molecule has 62 heavy (non-hydrogen) atoms. The molecule has 8 aliphatic rings. The van der Waals surface area contributed by atoms with Gasteiger partial charge in [0.1, 0.15) is 0 Å². The summed E-state index contributed by atoms with van der Waals surface area (Å²) in [7, 11) is 0. The molecule has 19 atom stereocenters. The number of carbonyl (C=O) groups excluding carboxylic acids is 1. The van der Waals surface area contributed by atoms with Crippen LogP contribution < -0.4 is 5.32 Å². The van der Waals surface area contributed by atoms with Crippen LogP contribution in [0.15, 0.2) is 12.7 Å². The largest absolute Gasteiger partial charge is 0.393 e. The molecule has 0 aromatic heterocycles. The van der Waals surface area contributed by atoms with E-state index in [-0.39, 0.29) is 12.0 Å². The minimum Gasteiger partial charge on any atom is -0.393 e. The molecule has 0 aromatic rings. The zero-order valence-corrected chi connectivity index (χ0v) is 42.9. The van der Waals surface area contributed by atoms with Crippen LogP contribution in [0.5, 0.6) is 0 Å². The summed E-state index contributed by atoms with van der Waals surface area (Å²) in [5.41, 5.74) is 2.18. The van der Waals surface area contributed by atoms with Gasteiger partial charge in [-0.1, -0.05) is 114 Å². The molecule has 356 valence electrons. The Morgan fingerprint density at radius 3 is 1.58 bits per heavy atom. The topological polar surface area (TPSA) is 49.3 Å². The Bertz CT molecular complexity index is 1490. The van der Waals surface area contributed by atoms with Crippen molar-refractivity contribution in [3.63, 3.8) is 0 Å². The Hall–Kier alpha value is -0.830. The first-order valence-corrected chi connectivity index (χ1v) is 27.9. The predicted octanol–water partition coefficient (Wildman–Crippen LogP) is 15.9. The van der Waals surface area contributed by atoms with Crippen molar-refractivity contribution in [1.29, 1.82) is 0 Å². The molecule has 1 amide bonds. The summed E-state index contributed by atoms with van der Waals surface area (Å²) < 4.78 is 0. The Kier molecular flexibility index (Phi) is 15.7. The van der Waals surface area contributed by atoms with Crippen LogP contribution in [0, 0.1) is 110 Å². The highest BCUT2D eigenvalue weighted by Crippen LogP contribution is 2.70. The summed E-state index contributed by atoms with van der Waals surface area (Å²) in [5, 5.41) is 13.6. The monoisotopic (exact) mass is 858 g/mol. The van der Waals surface area contributed by atoms with Crippen LogP contribution in [0.2, 0.25) is 0 Å². The molecule has 3 nitrogen and oxygen atoms in total. The highest BCUT2D eigenvalue weighted by atomic mass is 16.3. The number of carbonyl (C=O) groups is 1. The van der Waals surface area contributed by atoms with Crippen LogP contribution >= 0.6 is 0 Å². The van der Waals surface area contributed by atoms with Crippen molar-refractivity contribution in [2.24, 2.45) is 110 Å². The summed E-state index contributed by atoms with van der Waals surface area (Å²) in [6, 6.07) is 0.349. The van der Waals surface area contributed by atoms with E-state index >= 15 is 0 Å². The van der Waals surface area contributed by atoms with E-state index < -0.39 is 0 Å². The third-order valence-electron chi connectivity index (χ3n) is 22.8. The second-order valence-electron chi connectivity index (χ2n) is 26.7. The lowest BCUT2D eigenvalue weighted by Gasteiger charge is -2.63. The van der Waals surface area contributed by atoms with Gasteiger partial charge >= 0.3 is 0 Å². The lowest BCUT2D eigenvalue weighted by Crippen LogP contribution is -2.58. The van der Waals surface area contributed by atoms with Gasteiger partial charge in [-0.15, -0.1) is 6.58 Å². The number of aliphatic hydroxyl groups excluding tert-OH is 1. The number of aliphatic hydroxyl groups is 1. The van der Waals surface area contributed by atoms with E-state index in [0.717, 1.165) is 109 Å². The van der Waals surface area contributed by atoms with Crippen LogP contribution in [0.1, 0.15) is 230 Å². The van der Waals surface area contributed by atoms with Crippen LogP contribution in [0.4, 0.5) is 0 Å². The number of rotatable bonds is 13. The summed E-state index contributed by atoms with van der Waals surface area (Å²) in [5.74, 6) is 13.4. The van der Waals surface area contributed by atoms with Crippen molar-refractivity contribution in [3.05, 3.63) is 12.7 Å². The van der Waals surface area contributed by atoms with Crippen LogP contribution in [0.25, 0.3) is 0 Å². The van der Waals surface area contributed by atoms with Gasteiger partial charge in [0.25, 0.3) is 0 Å². The maximum absolute atomic E-state index is 11.9. The Labute approximate surface area is 385 Å². The molecule has 0 heterocycles. The predicted molar refractivity (Wildman–Crippen MR) is 263 cm³/mol. The quantitative estimate of drug-likeness (QED) is 0.181. The van der Waals surface area contributed by atoms with Gasteiger partial charge in [-0.25, -0.2) is 0 Å². The average molecular weight is 858 g/mol. The fourth-order valence-corrected chi connectivity index (χ4v) is 19.8. The van der Waals surface area contributed by atoms with Gasteiger partial charge in [-0.2, -0.15) is 0 Å². The molecule has 8 aliphatic carbocycles. The van der Waals surface area contributed by atoms with E-state index in [1.807, 2.05) is 0 Å². The molecule has 8 saturated carbocycles. The maximum atomic E-state index is 11.9. The van der Waals surface area contributed by atoms with Crippen molar-refractivity contribution in [2.45, 2.75) is 242 Å². The van der Waals surface area contributed by atoms with Crippen LogP contribution in [0.3, 0.4) is 0 Å². The smallest absolute Gasteiger partial charge is 0.217 e. The normalized spacial score (nSPS) is 46.8. The SMILES string of the molecule is C=CC[C@@H]1[C@H](NC(C)=O)CC[C@@]2(C)[C@H]1CC[C@@H]1[C@@H]2CC[C@]2(C)[C@@H]([C@H](C)CCCC(C)C)CC[C@@H]12.CC(C)CCC[C@@H](C)[C@H]1CC[C@H]2[C@@H]3CC[C@H]4C[C@H](O)CC[C@]4(C)[C@H]3CC[C@]12C. The summed E-state index contributed by atoms with van der Waals surface area (Å²) in [6.45, 7) is 31.2. The molecule has 0 radical (unpaired) electrons. The molecule has 0 aliphatic heterocycles. The van der Waals surface area contributed by atoms with E-state index in [4.69, 9.17) is 0 Å². The summed E-state index contributed by atoms with van der Waals surface area (Å²) >= 11 is 0. The Balaban J connectivity index is 0.000000190. The first kappa shape index (κ1) is 49.1. The van der Waals surface area contributed by atoms with Gasteiger partial charge in [0.15, 0.2) is 0 Å². The molecule has 0 spiro atoms. The van der Waals surface area contributed by atoms with Gasteiger partial charge < -0.3 is 10.4 Å². The van der Waals surface area contributed by atoms with Gasteiger partial charge in [0.2, 0.25) is 5.91 Å². The number of nitrogens with one attached hydrogen (secondary N) is 1. The highest BCUT2D eigenvalue weighted by molar-refractivity contribution is 5.73. The molecule has 8 fully saturated rings. The number of hydrogen-bond acceptors (Lipinski definition) is 2. The van der Waals surface area contributed by atoms with Crippen LogP contribution in [-0.2, 0) is 4.79 Å². The molecule has 0 saturated heterocycles. The number of fused-ring (bicyclic) bond motifs is 10. The second-order valence-corrected chi connectivity index (χ2v) is 26.7. The Morgan fingerprint density at radius 2 is 1.06 bits per heavy atom. The van der Waals surface area contributed by atoms with Gasteiger partial charge in [0, 0.05) is 13.0 Å². The zero-order chi connectivity index (χ0) is 44.8. The molecule has 0 bridgehead atoms. The molecular formula is C59H103NO2. The maximum Gasteiger partial charge on any atom is 0.217 e. The lowest BCUT2D eigenvalue weighted by atomic mass is 9.42. The third kappa shape index (κ3) is 9.37. The van der Waals surface area contributed by atoms with Gasteiger partial charge in [-0.05, 0) is 226 Å². The first-order chi connectivity index (χ1) is 29.4. The van der Waals surface area contributed by atoms with Crippen molar-refractivity contribution in [2.75, 3.05) is 0 Å². The van der Waals surface area contributed by atoms with Crippen molar-refractivity contribution < 1.29 is 9.90 Å². The summed E-state index contributed by atoms with van der Waals surface area (Å²) in [4.78, 5) is 11.9.